The Morgan fingerprint density at radius 2 is 2.25 bits per heavy atom. The fourth-order valence-corrected chi connectivity index (χ4v) is 1.45. The van der Waals surface area contributed by atoms with Gasteiger partial charge in [0.25, 0.3) is 0 Å². The number of ether oxygens (including phenoxy) is 1. The van der Waals surface area contributed by atoms with Crippen molar-refractivity contribution < 1.29 is 4.74 Å². The topological polar surface area (TPSA) is 53.1 Å². The van der Waals surface area contributed by atoms with E-state index in [0.717, 1.165) is 17.1 Å². The number of nitrogens with two attached hydrogens (primary N) is 1. The smallest absolute Gasteiger partial charge is 0.146 e. The lowest BCUT2D eigenvalue weighted by Crippen LogP contribution is -2.04. The van der Waals surface area contributed by atoms with Crippen molar-refractivity contribution in [2.45, 2.75) is 13.5 Å². The van der Waals surface area contributed by atoms with Gasteiger partial charge in [0, 0.05) is 31.2 Å². The summed E-state index contributed by atoms with van der Waals surface area (Å²) in [5.74, 6) is 1.70. The zero-order chi connectivity index (χ0) is 11.5. The highest BCUT2D eigenvalue weighted by Crippen LogP contribution is 2.21. The lowest BCUT2D eigenvalue weighted by Gasteiger charge is -2.09. The maximum atomic E-state index is 5.71. The average molecular weight is 217 g/mol. The van der Waals surface area contributed by atoms with Gasteiger partial charge in [0.2, 0.25) is 0 Å². The number of benzene rings is 1. The van der Waals surface area contributed by atoms with E-state index in [4.69, 9.17) is 10.5 Å². The molecule has 2 N–H and O–H groups in total. The van der Waals surface area contributed by atoms with Crippen molar-refractivity contribution in [1.29, 1.82) is 0 Å². The third-order valence-corrected chi connectivity index (χ3v) is 2.49. The van der Waals surface area contributed by atoms with E-state index in [1.807, 2.05) is 42.9 Å². The quantitative estimate of drug-likeness (QED) is 0.799. The molecule has 0 amide bonds. The van der Waals surface area contributed by atoms with Crippen LogP contribution in [0.25, 0.3) is 0 Å². The van der Waals surface area contributed by atoms with Gasteiger partial charge in [-0.15, -0.1) is 0 Å². The summed E-state index contributed by atoms with van der Waals surface area (Å²) in [5.41, 5.74) is 7.49. The van der Waals surface area contributed by atoms with Gasteiger partial charge in [-0.3, -0.25) is 0 Å². The first-order chi connectivity index (χ1) is 7.66. The Morgan fingerprint density at radius 3 is 2.94 bits per heavy atom. The summed E-state index contributed by atoms with van der Waals surface area (Å²) in [6, 6.07) is 5.64. The van der Waals surface area contributed by atoms with Crippen molar-refractivity contribution in [2.24, 2.45) is 7.05 Å². The number of nitrogen functional groups attached to an aromatic ring is 1. The van der Waals surface area contributed by atoms with Gasteiger partial charge >= 0.3 is 0 Å². The van der Waals surface area contributed by atoms with E-state index in [2.05, 4.69) is 4.98 Å². The molecule has 0 aliphatic heterocycles. The maximum absolute atomic E-state index is 5.71. The van der Waals surface area contributed by atoms with Crippen LogP contribution in [0.4, 0.5) is 5.69 Å². The lowest BCUT2D eigenvalue weighted by molar-refractivity contribution is 0.290. The van der Waals surface area contributed by atoms with Gasteiger partial charge in [-0.2, -0.15) is 0 Å². The number of nitrogens with zero attached hydrogens (tertiary/aromatic N) is 2. The van der Waals surface area contributed by atoms with E-state index in [1.165, 1.54) is 0 Å². The fourth-order valence-electron chi connectivity index (χ4n) is 1.45. The van der Waals surface area contributed by atoms with Gasteiger partial charge in [0.15, 0.2) is 0 Å². The SMILES string of the molecule is Cc1ccc(N)cc1OCc1nccn1C. The molecule has 4 heteroatoms. The molecular formula is C12H15N3O. The number of anilines is 1. The first-order valence-corrected chi connectivity index (χ1v) is 5.12. The minimum Gasteiger partial charge on any atom is -0.485 e. The second-order valence-corrected chi connectivity index (χ2v) is 3.77. The first kappa shape index (κ1) is 10.5. The Labute approximate surface area is 94.7 Å². The summed E-state index contributed by atoms with van der Waals surface area (Å²) in [7, 11) is 1.94. The minimum absolute atomic E-state index is 0.452. The number of aryl methyl sites for hydroxylation is 2. The molecule has 1 aromatic heterocycles. The highest BCUT2D eigenvalue weighted by Gasteiger charge is 2.03. The molecular weight excluding hydrogens is 202 g/mol. The van der Waals surface area contributed by atoms with Crippen LogP contribution in [0.1, 0.15) is 11.4 Å². The Hall–Kier alpha value is -1.97. The van der Waals surface area contributed by atoms with E-state index < -0.39 is 0 Å². The van der Waals surface area contributed by atoms with Crippen LogP contribution in [-0.2, 0) is 13.7 Å². The molecule has 16 heavy (non-hydrogen) atoms. The van der Waals surface area contributed by atoms with Gasteiger partial charge in [0.05, 0.1) is 0 Å². The number of rotatable bonds is 3. The van der Waals surface area contributed by atoms with E-state index in [-0.39, 0.29) is 0 Å². The zero-order valence-electron chi connectivity index (χ0n) is 9.47. The molecule has 0 saturated carbocycles. The van der Waals surface area contributed by atoms with Crippen LogP contribution >= 0.6 is 0 Å². The molecule has 4 nitrogen and oxygen atoms in total. The van der Waals surface area contributed by atoms with Crippen molar-refractivity contribution in [2.75, 3.05) is 5.73 Å². The molecule has 0 aliphatic carbocycles. The normalized spacial score (nSPS) is 10.4. The average Bonchev–Trinajstić information content (AvgIpc) is 2.66. The molecule has 0 saturated heterocycles. The number of imidazole rings is 1. The predicted octanol–water partition coefficient (Wildman–Crippen LogP) is 1.89. The van der Waals surface area contributed by atoms with Crippen LogP contribution in [0.2, 0.25) is 0 Å². The highest BCUT2D eigenvalue weighted by atomic mass is 16.5. The van der Waals surface area contributed by atoms with Crippen LogP contribution < -0.4 is 10.5 Å². The standard InChI is InChI=1S/C12H15N3O/c1-9-3-4-10(13)7-11(9)16-8-12-14-5-6-15(12)2/h3-7H,8,13H2,1-2H3. The first-order valence-electron chi connectivity index (χ1n) is 5.12. The van der Waals surface area contributed by atoms with Crippen molar-refractivity contribution in [1.82, 2.24) is 9.55 Å². The second-order valence-electron chi connectivity index (χ2n) is 3.77. The molecule has 0 atom stereocenters. The van der Waals surface area contributed by atoms with Crippen molar-refractivity contribution in [3.63, 3.8) is 0 Å². The summed E-state index contributed by atoms with van der Waals surface area (Å²) < 4.78 is 7.61. The van der Waals surface area contributed by atoms with Crippen molar-refractivity contribution in [3.05, 3.63) is 42.0 Å². The summed E-state index contributed by atoms with van der Waals surface area (Å²) >= 11 is 0. The van der Waals surface area contributed by atoms with Crippen LogP contribution in [-0.4, -0.2) is 9.55 Å². The van der Waals surface area contributed by atoms with Gasteiger partial charge < -0.3 is 15.0 Å². The number of hydrogen-bond acceptors (Lipinski definition) is 3. The van der Waals surface area contributed by atoms with Gasteiger partial charge in [-0.25, -0.2) is 4.98 Å². The molecule has 2 rings (SSSR count). The second kappa shape index (κ2) is 4.26. The Bertz CT molecular complexity index is 491. The highest BCUT2D eigenvalue weighted by molar-refractivity contribution is 5.47. The molecule has 0 fully saturated rings. The van der Waals surface area contributed by atoms with E-state index >= 15 is 0 Å². The lowest BCUT2D eigenvalue weighted by atomic mass is 10.2. The molecule has 0 bridgehead atoms. The maximum Gasteiger partial charge on any atom is 0.146 e. The monoisotopic (exact) mass is 217 g/mol. The third-order valence-electron chi connectivity index (χ3n) is 2.49. The van der Waals surface area contributed by atoms with Crippen LogP contribution in [0.15, 0.2) is 30.6 Å². The number of hydrogen-bond donors (Lipinski definition) is 1. The van der Waals surface area contributed by atoms with E-state index in [9.17, 15) is 0 Å². The molecule has 1 aromatic carbocycles. The Balaban J connectivity index is 2.10. The van der Waals surface area contributed by atoms with E-state index in [1.54, 1.807) is 6.20 Å². The summed E-state index contributed by atoms with van der Waals surface area (Å²) in [5, 5.41) is 0. The van der Waals surface area contributed by atoms with Crippen molar-refractivity contribution in [3.8, 4) is 5.75 Å². The summed E-state index contributed by atoms with van der Waals surface area (Å²) in [6.07, 6.45) is 3.65. The van der Waals surface area contributed by atoms with Crippen LogP contribution in [0.5, 0.6) is 5.75 Å². The molecule has 0 radical (unpaired) electrons. The van der Waals surface area contributed by atoms with Crippen LogP contribution in [0, 0.1) is 6.92 Å². The van der Waals surface area contributed by atoms with E-state index in [0.29, 0.717) is 12.3 Å². The Kier molecular flexibility index (Phi) is 2.81. The third kappa shape index (κ3) is 2.16. The van der Waals surface area contributed by atoms with Gasteiger partial charge in [-0.05, 0) is 18.6 Å². The minimum atomic E-state index is 0.452. The summed E-state index contributed by atoms with van der Waals surface area (Å²) in [6.45, 7) is 2.45. The Morgan fingerprint density at radius 1 is 1.44 bits per heavy atom. The van der Waals surface area contributed by atoms with Crippen LogP contribution in [0.3, 0.4) is 0 Å². The molecule has 0 spiro atoms. The van der Waals surface area contributed by atoms with Gasteiger partial charge in [-0.1, -0.05) is 6.07 Å². The summed E-state index contributed by atoms with van der Waals surface area (Å²) in [4.78, 5) is 4.19. The molecule has 1 heterocycles. The zero-order valence-corrected chi connectivity index (χ0v) is 9.47. The van der Waals surface area contributed by atoms with Gasteiger partial charge in [0.1, 0.15) is 18.2 Å². The molecule has 0 unspecified atom stereocenters. The molecule has 0 aliphatic rings. The predicted molar refractivity (Wildman–Crippen MR) is 63.1 cm³/mol. The molecule has 84 valence electrons. The largest absolute Gasteiger partial charge is 0.485 e. The molecule has 2 aromatic rings. The number of aromatic nitrogens is 2. The van der Waals surface area contributed by atoms with Crippen molar-refractivity contribution >= 4 is 5.69 Å². The fraction of sp³-hybridized carbons (Fsp3) is 0.250.